The Morgan fingerprint density at radius 3 is 2.56 bits per heavy atom. The second-order valence-electron chi connectivity index (χ2n) is 8.82. The van der Waals surface area contributed by atoms with Gasteiger partial charge >= 0.3 is 5.63 Å². The molecule has 1 aromatic heterocycles. The molecule has 2 N–H and O–H groups in total. The van der Waals surface area contributed by atoms with Crippen molar-refractivity contribution in [2.75, 3.05) is 13.7 Å². The first-order valence-corrected chi connectivity index (χ1v) is 11.5. The van der Waals surface area contributed by atoms with E-state index < -0.39 is 42.6 Å². The fourth-order valence-corrected chi connectivity index (χ4v) is 4.52. The van der Waals surface area contributed by atoms with Crippen LogP contribution in [0.2, 0.25) is 0 Å². The molecule has 3 heterocycles. The highest BCUT2D eigenvalue weighted by molar-refractivity contribution is 5.81. The van der Waals surface area contributed by atoms with Crippen LogP contribution in [0.15, 0.2) is 57.7 Å². The zero-order valence-electron chi connectivity index (χ0n) is 20.0. The first kappa shape index (κ1) is 24.3. The maximum absolute atomic E-state index is 12.0. The Balaban J connectivity index is 1.37. The Bertz CT molecular complexity index is 1310. The molecule has 4 unspecified atom stereocenters. The minimum absolute atomic E-state index is 0.136. The molecule has 2 aliphatic heterocycles. The molecule has 2 fully saturated rings. The highest BCUT2D eigenvalue weighted by atomic mass is 16.7. The zero-order chi connectivity index (χ0) is 25.4. The van der Waals surface area contributed by atoms with E-state index in [-0.39, 0.29) is 12.5 Å². The number of aliphatic hydroxyl groups excluding tert-OH is 1. The molecule has 6 atom stereocenters. The van der Waals surface area contributed by atoms with Crippen LogP contribution in [0.3, 0.4) is 0 Å². The number of hydrogen-bond donors (Lipinski definition) is 2. The number of rotatable bonds is 5. The summed E-state index contributed by atoms with van der Waals surface area (Å²) in [7, 11) is 1.58. The fraction of sp³-hybridized carbons (Fsp3) is 0.385. The summed E-state index contributed by atoms with van der Waals surface area (Å²) < 4.78 is 34.5. The third-order valence-electron chi connectivity index (χ3n) is 6.30. The number of methoxy groups -OCH3 is 1. The molecular formula is C26H27NO9. The lowest BCUT2D eigenvalue weighted by Gasteiger charge is -2.47. The van der Waals surface area contributed by atoms with E-state index in [1.54, 1.807) is 37.4 Å². The van der Waals surface area contributed by atoms with Gasteiger partial charge in [0.15, 0.2) is 6.29 Å². The maximum atomic E-state index is 12.0. The van der Waals surface area contributed by atoms with Gasteiger partial charge in [-0.3, -0.25) is 4.79 Å². The predicted octanol–water partition coefficient (Wildman–Crippen LogP) is 2.19. The summed E-state index contributed by atoms with van der Waals surface area (Å²) >= 11 is 0. The number of carbonyl (C=O) groups excluding carboxylic acids is 1. The Labute approximate surface area is 206 Å². The van der Waals surface area contributed by atoms with Gasteiger partial charge in [-0.15, -0.1) is 0 Å². The van der Waals surface area contributed by atoms with Crippen molar-refractivity contribution < 1.29 is 38.0 Å². The first-order chi connectivity index (χ1) is 17.3. The third-order valence-corrected chi connectivity index (χ3v) is 6.30. The van der Waals surface area contributed by atoms with Crippen LogP contribution in [0.1, 0.15) is 24.3 Å². The standard InChI is InChI=1S/C26H27NO9/c1-13-10-21(29)34-19-11-17(8-9-18(13)19)33-26-22(27-14(2)28)23(30)24-20(35-26)12-32-25(36-24)15-4-6-16(31-3)7-5-15/h4-11,20,22-26,30H,12H2,1-3H3,(H,27,28)/t20?,22?,23?,24-,25?,26+/m0/s1. The lowest BCUT2D eigenvalue weighted by molar-refractivity contribution is -0.333. The molecule has 10 heteroatoms. The molecule has 0 radical (unpaired) electrons. The summed E-state index contributed by atoms with van der Waals surface area (Å²) in [5.74, 6) is 0.673. The van der Waals surface area contributed by atoms with Gasteiger partial charge in [0, 0.05) is 30.0 Å². The molecule has 0 spiro atoms. The molecule has 3 aromatic rings. The van der Waals surface area contributed by atoms with Crippen LogP contribution in [-0.2, 0) is 19.0 Å². The van der Waals surface area contributed by atoms with Gasteiger partial charge in [0.25, 0.3) is 0 Å². The van der Waals surface area contributed by atoms with Crippen molar-refractivity contribution in [1.82, 2.24) is 5.32 Å². The summed E-state index contributed by atoms with van der Waals surface area (Å²) in [4.78, 5) is 23.7. The van der Waals surface area contributed by atoms with Gasteiger partial charge in [0.1, 0.15) is 41.4 Å². The molecule has 36 heavy (non-hydrogen) atoms. The first-order valence-electron chi connectivity index (χ1n) is 11.5. The molecule has 0 aliphatic carbocycles. The number of carbonyl (C=O) groups is 1. The van der Waals surface area contributed by atoms with Crippen molar-refractivity contribution >= 4 is 16.9 Å². The number of aliphatic hydroxyl groups is 1. The topological polar surface area (TPSA) is 126 Å². The number of ether oxygens (including phenoxy) is 5. The SMILES string of the molecule is COc1ccc(C2OCC3O[C@@H](Oc4ccc5c(C)cc(=O)oc5c4)C(NC(C)=O)C(O)[C@H]3O2)cc1. The predicted molar refractivity (Wildman–Crippen MR) is 127 cm³/mol. The van der Waals surface area contributed by atoms with Crippen molar-refractivity contribution in [1.29, 1.82) is 0 Å². The van der Waals surface area contributed by atoms with Gasteiger partial charge < -0.3 is 38.5 Å². The van der Waals surface area contributed by atoms with E-state index in [1.165, 1.54) is 13.0 Å². The maximum Gasteiger partial charge on any atom is 0.336 e. The Morgan fingerprint density at radius 2 is 1.83 bits per heavy atom. The molecule has 2 saturated heterocycles. The summed E-state index contributed by atoms with van der Waals surface area (Å²) in [6, 6.07) is 12.7. The summed E-state index contributed by atoms with van der Waals surface area (Å²) in [6.07, 6.45) is -4.35. The number of aryl methyl sites for hydroxylation is 1. The minimum atomic E-state index is -1.15. The molecule has 190 valence electrons. The van der Waals surface area contributed by atoms with Crippen LogP contribution in [0, 0.1) is 6.92 Å². The van der Waals surface area contributed by atoms with Crippen LogP contribution in [-0.4, -0.2) is 55.4 Å². The molecule has 2 aromatic carbocycles. The van der Waals surface area contributed by atoms with Crippen molar-refractivity contribution in [2.24, 2.45) is 0 Å². The van der Waals surface area contributed by atoms with Gasteiger partial charge in [0.2, 0.25) is 12.2 Å². The van der Waals surface area contributed by atoms with Crippen molar-refractivity contribution in [3.8, 4) is 11.5 Å². The molecule has 2 aliphatic rings. The quantitative estimate of drug-likeness (QED) is 0.510. The van der Waals surface area contributed by atoms with Gasteiger partial charge in [-0.05, 0) is 36.8 Å². The van der Waals surface area contributed by atoms with Crippen molar-refractivity contribution in [3.63, 3.8) is 0 Å². The number of nitrogens with one attached hydrogen (secondary N) is 1. The molecule has 1 amide bonds. The lowest BCUT2D eigenvalue weighted by atomic mass is 9.95. The monoisotopic (exact) mass is 497 g/mol. The highest BCUT2D eigenvalue weighted by Gasteiger charge is 2.50. The molecular weight excluding hydrogens is 470 g/mol. The van der Waals surface area contributed by atoms with Crippen LogP contribution in [0.5, 0.6) is 11.5 Å². The zero-order valence-corrected chi connectivity index (χ0v) is 20.0. The highest BCUT2D eigenvalue weighted by Crippen LogP contribution is 2.35. The second kappa shape index (κ2) is 9.90. The van der Waals surface area contributed by atoms with Crippen LogP contribution < -0.4 is 20.4 Å². The van der Waals surface area contributed by atoms with Crippen LogP contribution in [0.25, 0.3) is 11.0 Å². The van der Waals surface area contributed by atoms with Crippen molar-refractivity contribution in [2.45, 2.75) is 50.8 Å². The van der Waals surface area contributed by atoms with E-state index in [9.17, 15) is 14.7 Å². The Kier molecular flexibility index (Phi) is 6.67. The number of hydrogen-bond acceptors (Lipinski definition) is 9. The lowest BCUT2D eigenvalue weighted by Crippen LogP contribution is -2.67. The van der Waals surface area contributed by atoms with Crippen LogP contribution >= 0.6 is 0 Å². The molecule has 0 saturated carbocycles. The van der Waals surface area contributed by atoms with Gasteiger partial charge in [-0.1, -0.05) is 12.1 Å². The number of amides is 1. The Hall–Kier alpha value is -3.44. The largest absolute Gasteiger partial charge is 0.497 e. The second-order valence-corrected chi connectivity index (χ2v) is 8.82. The van der Waals surface area contributed by atoms with Gasteiger partial charge in [0.05, 0.1) is 13.7 Å². The minimum Gasteiger partial charge on any atom is -0.497 e. The average Bonchev–Trinajstić information content (AvgIpc) is 2.86. The summed E-state index contributed by atoms with van der Waals surface area (Å²) in [5, 5.41) is 14.7. The third kappa shape index (κ3) is 4.80. The summed E-state index contributed by atoms with van der Waals surface area (Å²) in [5.41, 5.74) is 1.42. The van der Waals surface area contributed by atoms with Gasteiger partial charge in [-0.25, -0.2) is 4.79 Å². The van der Waals surface area contributed by atoms with Crippen molar-refractivity contribution in [3.05, 3.63) is 70.1 Å². The molecule has 5 rings (SSSR count). The van der Waals surface area contributed by atoms with Gasteiger partial charge in [-0.2, -0.15) is 0 Å². The fourth-order valence-electron chi connectivity index (χ4n) is 4.52. The van der Waals surface area contributed by atoms with E-state index in [0.717, 1.165) is 16.5 Å². The smallest absolute Gasteiger partial charge is 0.336 e. The van der Waals surface area contributed by atoms with E-state index in [0.29, 0.717) is 17.1 Å². The van der Waals surface area contributed by atoms with E-state index in [1.807, 2.05) is 19.1 Å². The van der Waals surface area contributed by atoms with E-state index in [4.69, 9.17) is 28.1 Å². The van der Waals surface area contributed by atoms with E-state index >= 15 is 0 Å². The summed E-state index contributed by atoms with van der Waals surface area (Å²) in [6.45, 7) is 3.29. The Morgan fingerprint density at radius 1 is 1.08 bits per heavy atom. The average molecular weight is 498 g/mol. The number of benzene rings is 2. The number of fused-ring (bicyclic) bond motifs is 2. The molecule has 0 bridgehead atoms. The van der Waals surface area contributed by atoms with Crippen LogP contribution in [0.4, 0.5) is 0 Å². The normalized spacial score (nSPS) is 27.8. The molecule has 10 nitrogen and oxygen atoms in total. The van der Waals surface area contributed by atoms with E-state index in [2.05, 4.69) is 5.32 Å².